The van der Waals surface area contributed by atoms with Crippen LogP contribution in [0.15, 0.2) is 60.9 Å². The lowest BCUT2D eigenvalue weighted by atomic mass is 10.1. The second-order valence-corrected chi connectivity index (χ2v) is 6.52. The van der Waals surface area contributed by atoms with Crippen LogP contribution in [0.25, 0.3) is 22.2 Å². The van der Waals surface area contributed by atoms with Crippen molar-refractivity contribution in [1.29, 1.82) is 0 Å². The van der Waals surface area contributed by atoms with Gasteiger partial charge in [0.1, 0.15) is 0 Å². The zero-order valence-electron chi connectivity index (χ0n) is 13.6. The van der Waals surface area contributed by atoms with Gasteiger partial charge in [0.2, 0.25) is 0 Å². The first-order chi connectivity index (χ1) is 11.8. The molecule has 2 heterocycles. The highest BCUT2D eigenvalue weighted by Crippen LogP contribution is 2.32. The summed E-state index contributed by atoms with van der Waals surface area (Å²) in [5.74, 6) is 0. The summed E-state index contributed by atoms with van der Waals surface area (Å²) in [6.45, 7) is 0. The first kappa shape index (κ1) is 13.5. The van der Waals surface area contributed by atoms with Gasteiger partial charge in [0, 0.05) is 24.2 Å². The Hall–Kier alpha value is -2.88. The maximum Gasteiger partial charge on any atom is 0.0930 e. The Morgan fingerprint density at radius 3 is 2.54 bits per heavy atom. The van der Waals surface area contributed by atoms with Gasteiger partial charge in [-0.1, -0.05) is 36.4 Å². The maximum absolute atomic E-state index is 4.88. The van der Waals surface area contributed by atoms with E-state index in [1.54, 1.807) is 0 Å². The van der Waals surface area contributed by atoms with Crippen molar-refractivity contribution in [3.05, 3.63) is 72.1 Å². The Balaban J connectivity index is 1.52. The van der Waals surface area contributed by atoms with Gasteiger partial charge in [-0.2, -0.15) is 10.2 Å². The van der Waals surface area contributed by atoms with E-state index in [9.17, 15) is 0 Å². The Morgan fingerprint density at radius 1 is 0.958 bits per heavy atom. The van der Waals surface area contributed by atoms with Crippen LogP contribution in [0.3, 0.4) is 0 Å². The van der Waals surface area contributed by atoms with E-state index in [0.29, 0.717) is 6.04 Å². The summed E-state index contributed by atoms with van der Waals surface area (Å²) in [7, 11) is 1.97. The van der Waals surface area contributed by atoms with Crippen LogP contribution in [0.1, 0.15) is 17.2 Å². The van der Waals surface area contributed by atoms with Gasteiger partial charge in [0.25, 0.3) is 0 Å². The molecule has 4 heteroatoms. The van der Waals surface area contributed by atoms with Gasteiger partial charge >= 0.3 is 0 Å². The summed E-state index contributed by atoms with van der Waals surface area (Å²) in [5, 5.41) is 10.4. The van der Waals surface area contributed by atoms with Crippen molar-refractivity contribution < 1.29 is 0 Å². The van der Waals surface area contributed by atoms with E-state index in [-0.39, 0.29) is 0 Å². The van der Waals surface area contributed by atoms with E-state index in [1.165, 1.54) is 11.1 Å². The van der Waals surface area contributed by atoms with Crippen molar-refractivity contribution in [1.82, 2.24) is 19.6 Å². The van der Waals surface area contributed by atoms with E-state index >= 15 is 0 Å². The fourth-order valence-electron chi connectivity index (χ4n) is 3.81. The second-order valence-electron chi connectivity index (χ2n) is 6.52. The second kappa shape index (κ2) is 5.06. The third-order valence-corrected chi connectivity index (χ3v) is 5.08. The molecule has 118 valence electrons. The van der Waals surface area contributed by atoms with Crippen LogP contribution in [-0.4, -0.2) is 19.6 Å². The number of nitrogens with zero attached hydrogens (tertiary/aromatic N) is 4. The molecule has 0 saturated carbocycles. The van der Waals surface area contributed by atoms with Crippen LogP contribution in [0.5, 0.6) is 0 Å². The monoisotopic (exact) mass is 314 g/mol. The highest BCUT2D eigenvalue weighted by Gasteiger charge is 2.23. The van der Waals surface area contributed by atoms with E-state index in [0.717, 1.165) is 35.0 Å². The number of fused-ring (bicyclic) bond motifs is 2. The van der Waals surface area contributed by atoms with Gasteiger partial charge in [-0.25, -0.2) is 0 Å². The van der Waals surface area contributed by atoms with Gasteiger partial charge < -0.3 is 0 Å². The number of aromatic nitrogens is 4. The summed E-state index contributed by atoms with van der Waals surface area (Å²) in [5.41, 5.74) is 6.21. The average Bonchev–Trinajstić information content (AvgIpc) is 3.32. The topological polar surface area (TPSA) is 35.6 Å². The van der Waals surface area contributed by atoms with Crippen LogP contribution >= 0.6 is 0 Å². The molecule has 2 aromatic heterocycles. The molecule has 0 spiro atoms. The highest BCUT2D eigenvalue weighted by atomic mass is 15.3. The van der Waals surface area contributed by atoms with Gasteiger partial charge in [0.05, 0.1) is 23.4 Å². The Labute approximate surface area is 140 Å². The standard InChI is InChI=1S/C20H18N4/c1-23-20-8-4-7-17(18(20)13-21-23)19-9-10-24(22-19)16-11-14-5-2-3-6-15(14)12-16/h2-10,13,16H,11-12H2,1H3. The van der Waals surface area contributed by atoms with Crippen molar-refractivity contribution in [2.24, 2.45) is 7.05 Å². The first-order valence-corrected chi connectivity index (χ1v) is 8.32. The van der Waals surface area contributed by atoms with Gasteiger partial charge in [-0.3, -0.25) is 9.36 Å². The molecule has 1 aliphatic carbocycles. The molecular formula is C20H18N4. The molecule has 4 nitrogen and oxygen atoms in total. The minimum absolute atomic E-state index is 0.421. The number of benzene rings is 2. The molecule has 24 heavy (non-hydrogen) atoms. The Kier molecular flexibility index (Phi) is 2.86. The number of hydrogen-bond donors (Lipinski definition) is 0. The van der Waals surface area contributed by atoms with Crippen LogP contribution in [0.2, 0.25) is 0 Å². The van der Waals surface area contributed by atoms with Crippen molar-refractivity contribution in [3.63, 3.8) is 0 Å². The predicted octanol–water partition coefficient (Wildman–Crippen LogP) is 3.78. The average molecular weight is 314 g/mol. The maximum atomic E-state index is 4.88. The summed E-state index contributed by atoms with van der Waals surface area (Å²) < 4.78 is 4.04. The number of aryl methyl sites for hydroxylation is 1. The molecule has 0 amide bonds. The molecule has 0 radical (unpaired) electrons. The van der Waals surface area contributed by atoms with E-state index in [4.69, 9.17) is 5.10 Å². The van der Waals surface area contributed by atoms with Crippen molar-refractivity contribution >= 4 is 10.9 Å². The first-order valence-electron chi connectivity index (χ1n) is 8.32. The molecule has 0 bridgehead atoms. The summed E-state index contributed by atoms with van der Waals surface area (Å²) in [6, 6.07) is 17.5. The van der Waals surface area contributed by atoms with Crippen LogP contribution < -0.4 is 0 Å². The molecule has 0 aliphatic heterocycles. The molecule has 0 unspecified atom stereocenters. The largest absolute Gasteiger partial charge is 0.268 e. The Bertz CT molecular complexity index is 1020. The smallest absolute Gasteiger partial charge is 0.0930 e. The highest BCUT2D eigenvalue weighted by molar-refractivity contribution is 5.93. The Morgan fingerprint density at radius 2 is 1.75 bits per heavy atom. The molecule has 5 rings (SSSR count). The lowest BCUT2D eigenvalue weighted by Crippen LogP contribution is -2.09. The molecular weight excluding hydrogens is 296 g/mol. The summed E-state index contributed by atoms with van der Waals surface area (Å²) in [4.78, 5) is 0. The SMILES string of the molecule is Cn1ncc2c(-c3ccn(C4Cc5ccccc5C4)n3)cccc21. The van der Waals surface area contributed by atoms with Gasteiger partial charge in [0.15, 0.2) is 0 Å². The molecule has 4 aromatic rings. The normalized spacial score (nSPS) is 14.4. The summed E-state index contributed by atoms with van der Waals surface area (Å²) >= 11 is 0. The quantitative estimate of drug-likeness (QED) is 0.564. The van der Waals surface area contributed by atoms with E-state index < -0.39 is 0 Å². The third kappa shape index (κ3) is 1.99. The number of hydrogen-bond acceptors (Lipinski definition) is 2. The van der Waals surface area contributed by atoms with E-state index in [2.05, 4.69) is 64.5 Å². The lowest BCUT2D eigenvalue weighted by molar-refractivity contribution is 0.476. The zero-order chi connectivity index (χ0) is 16.1. The van der Waals surface area contributed by atoms with Crippen molar-refractivity contribution in [3.8, 4) is 11.3 Å². The zero-order valence-corrected chi connectivity index (χ0v) is 13.6. The fourth-order valence-corrected chi connectivity index (χ4v) is 3.81. The molecule has 0 fully saturated rings. The number of rotatable bonds is 2. The van der Waals surface area contributed by atoms with Crippen molar-refractivity contribution in [2.75, 3.05) is 0 Å². The third-order valence-electron chi connectivity index (χ3n) is 5.08. The van der Waals surface area contributed by atoms with Crippen LogP contribution in [-0.2, 0) is 19.9 Å². The van der Waals surface area contributed by atoms with Crippen LogP contribution in [0.4, 0.5) is 0 Å². The molecule has 0 atom stereocenters. The van der Waals surface area contributed by atoms with Crippen molar-refractivity contribution in [2.45, 2.75) is 18.9 Å². The lowest BCUT2D eigenvalue weighted by Gasteiger charge is -2.09. The predicted molar refractivity (Wildman–Crippen MR) is 94.8 cm³/mol. The molecule has 0 N–H and O–H groups in total. The molecule has 1 aliphatic rings. The van der Waals surface area contributed by atoms with Gasteiger partial charge in [-0.15, -0.1) is 0 Å². The molecule has 2 aromatic carbocycles. The summed E-state index contributed by atoms with van der Waals surface area (Å²) in [6.07, 6.45) is 6.17. The molecule has 0 saturated heterocycles. The van der Waals surface area contributed by atoms with Crippen LogP contribution in [0, 0.1) is 0 Å². The van der Waals surface area contributed by atoms with Gasteiger partial charge in [-0.05, 0) is 36.1 Å². The fraction of sp³-hybridized carbons (Fsp3) is 0.200. The minimum Gasteiger partial charge on any atom is -0.268 e. The van der Waals surface area contributed by atoms with E-state index in [1.807, 2.05) is 17.9 Å². The minimum atomic E-state index is 0.421.